The zero-order chi connectivity index (χ0) is 13.4. The molecule has 2 aromatic carbocycles. The number of hydrogen-bond donors (Lipinski definition) is 1. The topological polar surface area (TPSA) is 34.1 Å². The third-order valence-electron chi connectivity index (χ3n) is 3.64. The second kappa shape index (κ2) is 4.62. The summed E-state index contributed by atoms with van der Waals surface area (Å²) in [6.07, 6.45) is 1.71. The molecule has 2 heterocycles. The number of para-hydroxylation sites is 1. The van der Waals surface area contributed by atoms with E-state index in [1.807, 2.05) is 30.5 Å². The quantitative estimate of drug-likeness (QED) is 0.722. The van der Waals surface area contributed by atoms with Gasteiger partial charge in [-0.25, -0.2) is 0 Å². The van der Waals surface area contributed by atoms with E-state index in [0.29, 0.717) is 6.61 Å². The molecule has 98 valence electrons. The molecule has 1 aliphatic rings. The van der Waals surface area contributed by atoms with Gasteiger partial charge in [0.1, 0.15) is 0 Å². The summed E-state index contributed by atoms with van der Waals surface area (Å²) >= 11 is 0. The normalized spacial score (nSPS) is 17.5. The van der Waals surface area contributed by atoms with Gasteiger partial charge >= 0.3 is 0 Å². The number of hydrogen-bond acceptors (Lipinski definition) is 3. The molecule has 3 nitrogen and oxygen atoms in total. The van der Waals surface area contributed by atoms with Gasteiger partial charge in [0, 0.05) is 28.4 Å². The first kappa shape index (κ1) is 11.4. The number of benzene rings is 2. The number of nitrogens with zero attached hydrogens (tertiary/aromatic N) is 1. The molecule has 0 saturated carbocycles. The molecule has 0 aliphatic carbocycles. The van der Waals surface area contributed by atoms with E-state index in [4.69, 9.17) is 4.74 Å². The number of aromatic nitrogens is 1. The molecule has 1 atom stereocenters. The van der Waals surface area contributed by atoms with Crippen LogP contribution in [0.2, 0.25) is 0 Å². The fourth-order valence-electron chi connectivity index (χ4n) is 2.58. The van der Waals surface area contributed by atoms with Gasteiger partial charge in [0.15, 0.2) is 6.23 Å². The molecule has 1 aliphatic heterocycles. The molecule has 1 N–H and O–H groups in total. The lowest BCUT2D eigenvalue weighted by Gasteiger charge is -2.27. The van der Waals surface area contributed by atoms with E-state index < -0.39 is 0 Å². The van der Waals surface area contributed by atoms with E-state index in [1.165, 1.54) is 5.56 Å². The summed E-state index contributed by atoms with van der Waals surface area (Å²) in [5.74, 6) is 0. The van der Waals surface area contributed by atoms with E-state index >= 15 is 0 Å². The maximum Gasteiger partial charge on any atom is 0.154 e. The summed E-state index contributed by atoms with van der Waals surface area (Å²) in [5, 5.41) is 4.57. The predicted octanol–water partition coefficient (Wildman–Crippen LogP) is 3.88. The molecule has 20 heavy (non-hydrogen) atoms. The highest BCUT2D eigenvalue weighted by molar-refractivity contribution is 5.79. The molecule has 4 rings (SSSR count). The van der Waals surface area contributed by atoms with Crippen molar-refractivity contribution < 1.29 is 4.74 Å². The number of pyridine rings is 1. The minimum Gasteiger partial charge on any atom is -0.356 e. The Morgan fingerprint density at radius 1 is 1.05 bits per heavy atom. The van der Waals surface area contributed by atoms with Crippen molar-refractivity contribution in [2.24, 2.45) is 0 Å². The standard InChI is InChI=1S/C17H14N2O/c1-2-6-16-14(4-1)11-20-17(19-16)13-7-8-15-12(10-13)5-3-9-18-15/h1-10,17,19H,11H2/t17-/m1/s1. The Morgan fingerprint density at radius 3 is 3.00 bits per heavy atom. The monoisotopic (exact) mass is 262 g/mol. The van der Waals surface area contributed by atoms with Gasteiger partial charge in [-0.1, -0.05) is 30.3 Å². The van der Waals surface area contributed by atoms with Crippen LogP contribution in [0.25, 0.3) is 10.9 Å². The van der Waals surface area contributed by atoms with Crippen molar-refractivity contribution in [3.05, 3.63) is 71.9 Å². The average Bonchev–Trinajstić information content (AvgIpc) is 2.54. The minimum absolute atomic E-state index is 0.102. The van der Waals surface area contributed by atoms with E-state index in [1.54, 1.807) is 0 Å². The third-order valence-corrected chi connectivity index (χ3v) is 3.64. The molecule has 3 heteroatoms. The van der Waals surface area contributed by atoms with Crippen molar-refractivity contribution in [2.75, 3.05) is 5.32 Å². The van der Waals surface area contributed by atoms with Gasteiger partial charge in [0.25, 0.3) is 0 Å². The molecule has 1 aromatic heterocycles. The van der Waals surface area contributed by atoms with Crippen molar-refractivity contribution in [1.82, 2.24) is 4.98 Å². The Balaban J connectivity index is 1.70. The fraction of sp³-hybridized carbons (Fsp3) is 0.118. The van der Waals surface area contributed by atoms with Crippen molar-refractivity contribution in [1.29, 1.82) is 0 Å². The van der Waals surface area contributed by atoms with Crippen molar-refractivity contribution in [3.8, 4) is 0 Å². The molecule has 0 bridgehead atoms. The van der Waals surface area contributed by atoms with Crippen LogP contribution in [0.5, 0.6) is 0 Å². The van der Waals surface area contributed by atoms with Gasteiger partial charge in [0.05, 0.1) is 12.1 Å². The molecule has 3 aromatic rings. The largest absolute Gasteiger partial charge is 0.356 e. The predicted molar refractivity (Wildman–Crippen MR) is 79.3 cm³/mol. The summed E-state index contributed by atoms with van der Waals surface area (Å²) in [4.78, 5) is 4.34. The summed E-state index contributed by atoms with van der Waals surface area (Å²) in [7, 11) is 0. The van der Waals surface area contributed by atoms with E-state index in [0.717, 1.165) is 22.2 Å². The average molecular weight is 262 g/mol. The zero-order valence-electron chi connectivity index (χ0n) is 10.9. The minimum atomic E-state index is -0.102. The third kappa shape index (κ3) is 1.92. The lowest BCUT2D eigenvalue weighted by atomic mass is 10.1. The Labute approximate surface area is 117 Å². The van der Waals surface area contributed by atoms with Gasteiger partial charge < -0.3 is 10.1 Å². The van der Waals surface area contributed by atoms with Crippen LogP contribution in [0.4, 0.5) is 5.69 Å². The lowest BCUT2D eigenvalue weighted by Crippen LogP contribution is -2.20. The highest BCUT2D eigenvalue weighted by Crippen LogP contribution is 2.31. The van der Waals surface area contributed by atoms with Gasteiger partial charge in [0.2, 0.25) is 0 Å². The highest BCUT2D eigenvalue weighted by Gasteiger charge is 2.19. The number of rotatable bonds is 1. The summed E-state index contributed by atoms with van der Waals surface area (Å²) in [6, 6.07) is 18.5. The van der Waals surface area contributed by atoms with Crippen LogP contribution in [0.1, 0.15) is 17.4 Å². The van der Waals surface area contributed by atoms with Crippen molar-refractivity contribution in [3.63, 3.8) is 0 Å². The van der Waals surface area contributed by atoms with Crippen molar-refractivity contribution in [2.45, 2.75) is 12.8 Å². The van der Waals surface area contributed by atoms with Crippen LogP contribution in [-0.4, -0.2) is 4.98 Å². The van der Waals surface area contributed by atoms with Gasteiger partial charge in [-0.15, -0.1) is 0 Å². The smallest absolute Gasteiger partial charge is 0.154 e. The second-order valence-corrected chi connectivity index (χ2v) is 4.95. The molecular formula is C17H14N2O. The van der Waals surface area contributed by atoms with Crippen LogP contribution < -0.4 is 5.32 Å². The maximum absolute atomic E-state index is 5.91. The van der Waals surface area contributed by atoms with E-state index in [-0.39, 0.29) is 6.23 Å². The Kier molecular flexibility index (Phi) is 2.64. The second-order valence-electron chi connectivity index (χ2n) is 4.95. The Bertz CT molecular complexity index is 770. The molecule has 0 unspecified atom stereocenters. The highest BCUT2D eigenvalue weighted by atomic mass is 16.5. The lowest BCUT2D eigenvalue weighted by molar-refractivity contribution is 0.0508. The molecule has 0 radical (unpaired) electrons. The molecule has 0 saturated heterocycles. The van der Waals surface area contributed by atoms with E-state index in [2.05, 4.69) is 40.6 Å². The van der Waals surface area contributed by atoms with Crippen LogP contribution in [0.15, 0.2) is 60.8 Å². The Hall–Kier alpha value is -2.39. The van der Waals surface area contributed by atoms with Gasteiger partial charge in [-0.2, -0.15) is 0 Å². The van der Waals surface area contributed by atoms with Crippen LogP contribution in [0, 0.1) is 0 Å². The molecule has 0 amide bonds. The Morgan fingerprint density at radius 2 is 2.00 bits per heavy atom. The first-order chi connectivity index (χ1) is 9.90. The number of nitrogens with one attached hydrogen (secondary N) is 1. The van der Waals surface area contributed by atoms with Crippen molar-refractivity contribution >= 4 is 16.6 Å². The summed E-state index contributed by atoms with van der Waals surface area (Å²) in [5.41, 5.74) is 4.48. The van der Waals surface area contributed by atoms with Gasteiger partial charge in [-0.3, -0.25) is 4.98 Å². The van der Waals surface area contributed by atoms with Crippen LogP contribution in [0.3, 0.4) is 0 Å². The number of anilines is 1. The SMILES string of the molecule is c1ccc2c(c1)CO[C@H](c1ccc3ncccc3c1)N2. The number of ether oxygens (including phenoxy) is 1. The first-order valence-corrected chi connectivity index (χ1v) is 6.71. The first-order valence-electron chi connectivity index (χ1n) is 6.71. The fourth-order valence-corrected chi connectivity index (χ4v) is 2.58. The summed E-state index contributed by atoms with van der Waals surface area (Å²) < 4.78 is 5.91. The van der Waals surface area contributed by atoms with E-state index in [9.17, 15) is 0 Å². The van der Waals surface area contributed by atoms with Crippen LogP contribution in [-0.2, 0) is 11.3 Å². The molecule has 0 fully saturated rings. The van der Waals surface area contributed by atoms with Crippen LogP contribution >= 0.6 is 0 Å². The zero-order valence-corrected chi connectivity index (χ0v) is 10.9. The summed E-state index contributed by atoms with van der Waals surface area (Å²) in [6.45, 7) is 0.638. The maximum atomic E-state index is 5.91. The van der Waals surface area contributed by atoms with Gasteiger partial charge in [-0.05, 0) is 24.3 Å². The molecular weight excluding hydrogens is 248 g/mol. The number of fused-ring (bicyclic) bond motifs is 2. The molecule has 0 spiro atoms.